The molecule has 0 aliphatic carbocycles. The molecular weight excluding hydrogens is 382 g/mol. The second-order valence-corrected chi connectivity index (χ2v) is 7.78. The largest absolute Gasteiger partial charge is 0.399 e. The van der Waals surface area contributed by atoms with Crippen molar-refractivity contribution in [3.8, 4) is 22.3 Å². The molecule has 0 aliphatic heterocycles. The van der Waals surface area contributed by atoms with Crippen molar-refractivity contribution in [3.05, 3.63) is 102 Å². The molecule has 0 spiro atoms. The maximum absolute atomic E-state index is 13.1. The molecule has 0 aliphatic rings. The van der Waals surface area contributed by atoms with Gasteiger partial charge in [0.05, 0.1) is 0 Å². The topological polar surface area (TPSA) is 81.1 Å². The molecule has 31 heavy (non-hydrogen) atoms. The van der Waals surface area contributed by atoms with Crippen molar-refractivity contribution in [1.29, 1.82) is 0 Å². The normalized spacial score (nSPS) is 10.6. The summed E-state index contributed by atoms with van der Waals surface area (Å²) in [5.74, 6) is -0.127. The lowest BCUT2D eigenvalue weighted by Gasteiger charge is -2.15. The van der Waals surface area contributed by atoms with E-state index in [1.807, 2.05) is 92.7 Å². The van der Waals surface area contributed by atoms with Crippen LogP contribution >= 0.6 is 0 Å². The summed E-state index contributed by atoms with van der Waals surface area (Å²) in [5.41, 5.74) is 20.5. The lowest BCUT2D eigenvalue weighted by atomic mass is 9.96. The zero-order chi connectivity index (χ0) is 22.0. The second kappa shape index (κ2) is 8.36. The van der Waals surface area contributed by atoms with Gasteiger partial charge in [0.1, 0.15) is 0 Å². The molecule has 0 saturated carbocycles. The number of aryl methyl sites for hydroxylation is 2. The Hall–Kier alpha value is -4.05. The molecular formula is C27H25N3O. The smallest absolute Gasteiger partial charge is 0.255 e. The summed E-state index contributed by atoms with van der Waals surface area (Å²) in [6.07, 6.45) is 0. The minimum absolute atomic E-state index is 0.127. The molecule has 4 nitrogen and oxygen atoms in total. The summed E-state index contributed by atoms with van der Waals surface area (Å²) in [6, 6.07) is 27.3. The van der Waals surface area contributed by atoms with E-state index >= 15 is 0 Å². The van der Waals surface area contributed by atoms with Crippen molar-refractivity contribution in [2.45, 2.75) is 13.8 Å². The number of carbonyl (C=O) groups is 1. The fourth-order valence-corrected chi connectivity index (χ4v) is 3.58. The van der Waals surface area contributed by atoms with Crippen LogP contribution in [-0.4, -0.2) is 5.91 Å². The number of nitrogen functional groups attached to an aromatic ring is 2. The Morgan fingerprint density at radius 2 is 1.26 bits per heavy atom. The van der Waals surface area contributed by atoms with E-state index in [4.69, 9.17) is 11.5 Å². The molecule has 4 aromatic carbocycles. The third-order valence-electron chi connectivity index (χ3n) is 5.37. The zero-order valence-electron chi connectivity index (χ0n) is 17.6. The number of amides is 1. The van der Waals surface area contributed by atoms with Crippen LogP contribution in [0.25, 0.3) is 22.3 Å². The van der Waals surface area contributed by atoms with E-state index in [0.717, 1.165) is 44.8 Å². The SMILES string of the molecule is Cc1ccc(C)c(C(=O)Nc2ccc(-c3ccc(N)cc3)cc2-c2ccc(N)cc2)c1. The van der Waals surface area contributed by atoms with Gasteiger partial charge in [-0.3, -0.25) is 4.79 Å². The number of carbonyl (C=O) groups excluding carboxylic acids is 1. The highest BCUT2D eigenvalue weighted by Crippen LogP contribution is 2.34. The van der Waals surface area contributed by atoms with Gasteiger partial charge in [-0.05, 0) is 78.6 Å². The molecule has 0 bridgehead atoms. The quantitative estimate of drug-likeness (QED) is 0.360. The van der Waals surface area contributed by atoms with Gasteiger partial charge in [-0.15, -0.1) is 0 Å². The Morgan fingerprint density at radius 1 is 0.677 bits per heavy atom. The molecule has 154 valence electrons. The molecule has 0 heterocycles. The Kier molecular flexibility index (Phi) is 5.46. The molecule has 0 saturated heterocycles. The van der Waals surface area contributed by atoms with Crippen LogP contribution in [-0.2, 0) is 0 Å². The van der Waals surface area contributed by atoms with Crippen molar-refractivity contribution < 1.29 is 4.79 Å². The van der Waals surface area contributed by atoms with Crippen molar-refractivity contribution in [2.24, 2.45) is 0 Å². The highest BCUT2D eigenvalue weighted by Gasteiger charge is 2.14. The molecule has 5 N–H and O–H groups in total. The first-order valence-electron chi connectivity index (χ1n) is 10.2. The fraction of sp³-hybridized carbons (Fsp3) is 0.0741. The highest BCUT2D eigenvalue weighted by atomic mass is 16.1. The maximum atomic E-state index is 13.1. The average molecular weight is 408 g/mol. The minimum atomic E-state index is -0.127. The van der Waals surface area contributed by atoms with Crippen molar-refractivity contribution in [1.82, 2.24) is 0 Å². The molecule has 0 aromatic heterocycles. The van der Waals surface area contributed by atoms with Gasteiger partial charge in [0, 0.05) is 28.2 Å². The van der Waals surface area contributed by atoms with Crippen molar-refractivity contribution in [3.63, 3.8) is 0 Å². The van der Waals surface area contributed by atoms with Gasteiger partial charge in [-0.1, -0.05) is 48.0 Å². The summed E-state index contributed by atoms with van der Waals surface area (Å²) in [7, 11) is 0. The first-order chi connectivity index (χ1) is 14.9. The third kappa shape index (κ3) is 4.43. The first-order valence-corrected chi connectivity index (χ1v) is 10.2. The molecule has 0 atom stereocenters. The number of benzene rings is 4. The van der Waals surface area contributed by atoms with E-state index in [2.05, 4.69) is 11.4 Å². The van der Waals surface area contributed by atoms with E-state index in [9.17, 15) is 4.79 Å². The number of anilines is 3. The average Bonchev–Trinajstić information content (AvgIpc) is 2.77. The van der Waals surface area contributed by atoms with Crippen LogP contribution in [0, 0.1) is 13.8 Å². The Labute approximate surface area is 182 Å². The molecule has 1 amide bonds. The van der Waals surface area contributed by atoms with Gasteiger partial charge in [0.15, 0.2) is 0 Å². The zero-order valence-corrected chi connectivity index (χ0v) is 17.6. The van der Waals surface area contributed by atoms with Crippen LogP contribution in [0.15, 0.2) is 84.9 Å². The van der Waals surface area contributed by atoms with Gasteiger partial charge in [-0.2, -0.15) is 0 Å². The minimum Gasteiger partial charge on any atom is -0.399 e. The Balaban J connectivity index is 1.77. The summed E-state index contributed by atoms with van der Waals surface area (Å²) in [5, 5.41) is 3.11. The Morgan fingerprint density at radius 3 is 1.90 bits per heavy atom. The maximum Gasteiger partial charge on any atom is 0.255 e. The molecule has 4 rings (SSSR count). The molecule has 4 aromatic rings. The summed E-state index contributed by atoms with van der Waals surface area (Å²) in [6.45, 7) is 3.93. The van der Waals surface area contributed by atoms with E-state index in [0.29, 0.717) is 11.3 Å². The second-order valence-electron chi connectivity index (χ2n) is 7.78. The van der Waals surface area contributed by atoms with E-state index in [1.165, 1.54) is 0 Å². The standard InChI is InChI=1S/C27H25N3O/c1-17-3-4-18(2)24(15-17)27(31)30-26-14-9-21(19-5-10-22(28)11-6-19)16-25(26)20-7-12-23(29)13-8-20/h3-16H,28-29H2,1-2H3,(H,30,31). The van der Waals surface area contributed by atoms with Gasteiger partial charge >= 0.3 is 0 Å². The van der Waals surface area contributed by atoms with E-state index in [-0.39, 0.29) is 5.91 Å². The molecule has 4 heteroatoms. The number of rotatable bonds is 4. The van der Waals surface area contributed by atoms with Crippen molar-refractivity contribution in [2.75, 3.05) is 16.8 Å². The predicted octanol–water partition coefficient (Wildman–Crippen LogP) is 6.05. The van der Waals surface area contributed by atoms with Crippen LogP contribution in [0.2, 0.25) is 0 Å². The van der Waals surface area contributed by atoms with Crippen LogP contribution in [0.1, 0.15) is 21.5 Å². The lowest BCUT2D eigenvalue weighted by Crippen LogP contribution is -2.14. The number of hydrogen-bond donors (Lipinski definition) is 3. The monoisotopic (exact) mass is 407 g/mol. The summed E-state index contributed by atoms with van der Waals surface area (Å²) >= 11 is 0. The van der Waals surface area contributed by atoms with Gasteiger partial charge in [0.25, 0.3) is 5.91 Å². The van der Waals surface area contributed by atoms with Crippen LogP contribution < -0.4 is 16.8 Å². The number of nitrogens with one attached hydrogen (secondary N) is 1. The van der Waals surface area contributed by atoms with Crippen LogP contribution in [0.5, 0.6) is 0 Å². The first kappa shape index (κ1) is 20.2. The summed E-state index contributed by atoms with van der Waals surface area (Å²) in [4.78, 5) is 13.1. The van der Waals surface area contributed by atoms with Crippen molar-refractivity contribution >= 4 is 23.0 Å². The van der Waals surface area contributed by atoms with Gasteiger partial charge in [0.2, 0.25) is 0 Å². The van der Waals surface area contributed by atoms with E-state index < -0.39 is 0 Å². The molecule has 0 radical (unpaired) electrons. The molecule has 0 unspecified atom stereocenters. The number of hydrogen-bond acceptors (Lipinski definition) is 3. The van der Waals surface area contributed by atoms with Crippen LogP contribution in [0.3, 0.4) is 0 Å². The predicted molar refractivity (Wildman–Crippen MR) is 130 cm³/mol. The Bertz CT molecular complexity index is 1240. The summed E-state index contributed by atoms with van der Waals surface area (Å²) < 4.78 is 0. The van der Waals surface area contributed by atoms with E-state index in [1.54, 1.807) is 0 Å². The van der Waals surface area contributed by atoms with Gasteiger partial charge < -0.3 is 16.8 Å². The third-order valence-corrected chi connectivity index (χ3v) is 5.37. The van der Waals surface area contributed by atoms with Gasteiger partial charge in [-0.25, -0.2) is 0 Å². The lowest BCUT2D eigenvalue weighted by molar-refractivity contribution is 0.102. The van der Waals surface area contributed by atoms with Crippen LogP contribution in [0.4, 0.5) is 17.1 Å². The highest BCUT2D eigenvalue weighted by molar-refractivity contribution is 6.07. The molecule has 0 fully saturated rings. The number of nitrogens with two attached hydrogens (primary N) is 2. The fourth-order valence-electron chi connectivity index (χ4n) is 3.58.